The number of likely N-dealkylation sites (N-methyl/N-ethyl adjacent to an activating group) is 1. The first kappa shape index (κ1) is 16.4. The van der Waals surface area contributed by atoms with Crippen molar-refractivity contribution in [1.29, 1.82) is 0 Å². The van der Waals surface area contributed by atoms with E-state index >= 15 is 0 Å². The zero-order valence-corrected chi connectivity index (χ0v) is 12.3. The lowest BCUT2D eigenvalue weighted by Gasteiger charge is -2.41. The van der Waals surface area contributed by atoms with E-state index in [2.05, 4.69) is 32.6 Å². The average molecular weight is 243 g/mol. The normalized spacial score (nSPS) is 17.2. The van der Waals surface area contributed by atoms with E-state index in [9.17, 15) is 9.90 Å². The van der Waals surface area contributed by atoms with Gasteiger partial charge in [-0.1, -0.05) is 27.7 Å². The molecular formula is C14H29NO2. The fraction of sp³-hybridized carbons (Fsp3) is 0.929. The van der Waals surface area contributed by atoms with E-state index in [1.54, 1.807) is 0 Å². The molecule has 0 bridgehead atoms. The van der Waals surface area contributed by atoms with Crippen LogP contribution < -0.4 is 0 Å². The Bertz CT molecular complexity index is 240. The highest BCUT2D eigenvalue weighted by atomic mass is 16.4. The fourth-order valence-electron chi connectivity index (χ4n) is 2.31. The van der Waals surface area contributed by atoms with Crippen LogP contribution >= 0.6 is 0 Å². The Morgan fingerprint density at radius 1 is 1.29 bits per heavy atom. The summed E-state index contributed by atoms with van der Waals surface area (Å²) in [6.45, 7) is 13.2. The van der Waals surface area contributed by atoms with Crippen molar-refractivity contribution < 1.29 is 9.90 Å². The zero-order chi connectivity index (χ0) is 13.6. The van der Waals surface area contributed by atoms with E-state index < -0.39 is 11.5 Å². The van der Waals surface area contributed by atoms with Crippen LogP contribution in [0.15, 0.2) is 0 Å². The molecule has 0 aromatic heterocycles. The van der Waals surface area contributed by atoms with Crippen molar-refractivity contribution in [2.24, 2.45) is 5.92 Å². The van der Waals surface area contributed by atoms with Crippen molar-refractivity contribution in [1.82, 2.24) is 4.90 Å². The molecule has 0 rings (SSSR count). The number of aliphatic carboxylic acids is 1. The van der Waals surface area contributed by atoms with Crippen molar-refractivity contribution >= 4 is 5.97 Å². The maximum absolute atomic E-state index is 11.6. The van der Waals surface area contributed by atoms with E-state index in [1.807, 2.05) is 13.8 Å². The summed E-state index contributed by atoms with van der Waals surface area (Å²) in [6, 6.07) is 0.313. The largest absolute Gasteiger partial charge is 0.480 e. The van der Waals surface area contributed by atoms with Gasteiger partial charge in [-0.25, -0.2) is 0 Å². The maximum Gasteiger partial charge on any atom is 0.323 e. The third kappa shape index (κ3) is 4.30. The number of nitrogens with zero attached hydrogens (tertiary/aromatic N) is 1. The molecular weight excluding hydrogens is 214 g/mol. The topological polar surface area (TPSA) is 40.5 Å². The van der Waals surface area contributed by atoms with Gasteiger partial charge < -0.3 is 5.11 Å². The number of hydrogen-bond acceptors (Lipinski definition) is 2. The second kappa shape index (κ2) is 7.00. The molecule has 0 aliphatic carbocycles. The minimum absolute atomic E-state index is 0.313. The lowest BCUT2D eigenvalue weighted by molar-refractivity contribution is -0.153. The highest BCUT2D eigenvalue weighted by molar-refractivity contribution is 5.78. The lowest BCUT2D eigenvalue weighted by atomic mass is 9.88. The quantitative estimate of drug-likeness (QED) is 0.710. The Kier molecular flexibility index (Phi) is 6.76. The Hall–Kier alpha value is -0.570. The summed E-state index contributed by atoms with van der Waals surface area (Å²) < 4.78 is 0. The molecule has 3 heteroatoms. The smallest absolute Gasteiger partial charge is 0.323 e. The molecule has 0 saturated carbocycles. The molecule has 102 valence electrons. The first-order valence-electron chi connectivity index (χ1n) is 6.79. The molecule has 0 radical (unpaired) electrons. The molecule has 1 N–H and O–H groups in total. The molecule has 0 spiro atoms. The van der Waals surface area contributed by atoms with Crippen LogP contribution in [0.5, 0.6) is 0 Å². The zero-order valence-electron chi connectivity index (χ0n) is 12.3. The predicted molar refractivity (Wildman–Crippen MR) is 72.2 cm³/mol. The number of carboxylic acids is 1. The van der Waals surface area contributed by atoms with Gasteiger partial charge in [-0.3, -0.25) is 9.69 Å². The van der Waals surface area contributed by atoms with Gasteiger partial charge >= 0.3 is 5.97 Å². The standard InChI is InChI=1S/C14H29NO2/c1-7-12(5)15(8-2)14(6,13(16)17)10-9-11(3)4/h11-12H,7-10H2,1-6H3,(H,16,17). The first-order valence-corrected chi connectivity index (χ1v) is 6.79. The molecule has 2 atom stereocenters. The van der Waals surface area contributed by atoms with E-state index in [4.69, 9.17) is 0 Å². The van der Waals surface area contributed by atoms with Crippen molar-refractivity contribution in [3.8, 4) is 0 Å². The van der Waals surface area contributed by atoms with Gasteiger partial charge in [0.1, 0.15) is 5.54 Å². The molecule has 0 aromatic rings. The second-order valence-electron chi connectivity index (χ2n) is 5.55. The molecule has 0 fully saturated rings. The van der Waals surface area contributed by atoms with E-state index in [0.717, 1.165) is 25.8 Å². The summed E-state index contributed by atoms with van der Waals surface area (Å²) in [5.41, 5.74) is -0.728. The van der Waals surface area contributed by atoms with Crippen molar-refractivity contribution in [3.63, 3.8) is 0 Å². The van der Waals surface area contributed by atoms with E-state index in [1.165, 1.54) is 0 Å². The third-order valence-electron chi connectivity index (χ3n) is 3.77. The Morgan fingerprint density at radius 3 is 2.12 bits per heavy atom. The first-order chi connectivity index (χ1) is 7.79. The van der Waals surface area contributed by atoms with Gasteiger partial charge in [0.2, 0.25) is 0 Å². The van der Waals surface area contributed by atoms with Crippen LogP contribution in [-0.4, -0.2) is 34.1 Å². The van der Waals surface area contributed by atoms with Gasteiger partial charge in [0.25, 0.3) is 0 Å². The summed E-state index contributed by atoms with van der Waals surface area (Å²) in [7, 11) is 0. The van der Waals surface area contributed by atoms with Crippen LogP contribution in [0.2, 0.25) is 0 Å². The van der Waals surface area contributed by atoms with Crippen LogP contribution in [0.3, 0.4) is 0 Å². The highest BCUT2D eigenvalue weighted by Gasteiger charge is 2.40. The van der Waals surface area contributed by atoms with Crippen LogP contribution in [-0.2, 0) is 4.79 Å². The molecule has 17 heavy (non-hydrogen) atoms. The minimum Gasteiger partial charge on any atom is -0.480 e. The van der Waals surface area contributed by atoms with Gasteiger partial charge in [-0.2, -0.15) is 0 Å². The molecule has 0 heterocycles. The Balaban J connectivity index is 4.95. The van der Waals surface area contributed by atoms with Gasteiger partial charge in [0, 0.05) is 6.04 Å². The monoisotopic (exact) mass is 243 g/mol. The molecule has 2 unspecified atom stereocenters. The van der Waals surface area contributed by atoms with Crippen LogP contribution in [0.4, 0.5) is 0 Å². The summed E-state index contributed by atoms with van der Waals surface area (Å²) in [6.07, 6.45) is 2.66. The predicted octanol–water partition coefficient (Wildman–Crippen LogP) is 3.39. The number of carbonyl (C=O) groups is 1. The van der Waals surface area contributed by atoms with Crippen LogP contribution in [0.25, 0.3) is 0 Å². The number of rotatable bonds is 8. The Labute approximate surface area is 106 Å². The average Bonchev–Trinajstić information content (AvgIpc) is 2.26. The van der Waals surface area contributed by atoms with Crippen molar-refractivity contribution in [2.75, 3.05) is 6.54 Å². The Morgan fingerprint density at radius 2 is 1.82 bits per heavy atom. The highest BCUT2D eigenvalue weighted by Crippen LogP contribution is 2.27. The van der Waals surface area contributed by atoms with Crippen molar-refractivity contribution in [3.05, 3.63) is 0 Å². The summed E-state index contributed by atoms with van der Waals surface area (Å²) in [4.78, 5) is 13.7. The number of carboxylic acid groups (broad SMARTS) is 1. The summed E-state index contributed by atoms with van der Waals surface area (Å²) in [5, 5.41) is 9.55. The molecule has 0 aliphatic rings. The van der Waals surface area contributed by atoms with Gasteiger partial charge in [0.15, 0.2) is 0 Å². The molecule has 0 saturated heterocycles. The molecule has 0 aromatic carbocycles. The van der Waals surface area contributed by atoms with Gasteiger partial charge in [-0.15, -0.1) is 0 Å². The fourth-order valence-corrected chi connectivity index (χ4v) is 2.31. The SMILES string of the molecule is CCC(C)N(CC)C(C)(CCC(C)C)C(=O)O. The molecule has 0 amide bonds. The van der Waals surface area contributed by atoms with Gasteiger partial charge in [0.05, 0.1) is 0 Å². The third-order valence-corrected chi connectivity index (χ3v) is 3.77. The van der Waals surface area contributed by atoms with E-state index in [0.29, 0.717) is 12.0 Å². The van der Waals surface area contributed by atoms with E-state index in [-0.39, 0.29) is 0 Å². The number of hydrogen-bond donors (Lipinski definition) is 1. The summed E-state index contributed by atoms with van der Waals surface area (Å²) in [5.74, 6) is -0.149. The van der Waals surface area contributed by atoms with Crippen molar-refractivity contribution in [2.45, 2.75) is 72.4 Å². The van der Waals surface area contributed by atoms with Crippen LogP contribution in [0.1, 0.15) is 60.8 Å². The molecule has 0 aliphatic heterocycles. The second-order valence-corrected chi connectivity index (χ2v) is 5.55. The summed E-state index contributed by atoms with van der Waals surface area (Å²) >= 11 is 0. The minimum atomic E-state index is -0.728. The van der Waals surface area contributed by atoms with Crippen LogP contribution in [0, 0.1) is 5.92 Å². The lowest BCUT2D eigenvalue weighted by Crippen LogP contribution is -2.55. The van der Waals surface area contributed by atoms with Gasteiger partial charge in [-0.05, 0) is 45.6 Å². The maximum atomic E-state index is 11.6. The molecule has 3 nitrogen and oxygen atoms in total.